The van der Waals surface area contributed by atoms with E-state index in [9.17, 15) is 14.9 Å². The van der Waals surface area contributed by atoms with Gasteiger partial charge in [-0.15, -0.1) is 0 Å². The molecule has 3 rings (SSSR count). The van der Waals surface area contributed by atoms with E-state index in [0.29, 0.717) is 11.1 Å². The number of ether oxygens (including phenoxy) is 1. The van der Waals surface area contributed by atoms with Crippen LogP contribution in [0.15, 0.2) is 54.6 Å². The number of nitro groups is 1. The van der Waals surface area contributed by atoms with Crippen LogP contribution in [-0.4, -0.2) is 22.6 Å². The highest BCUT2D eigenvalue weighted by Crippen LogP contribution is 2.35. The zero-order valence-corrected chi connectivity index (χ0v) is 14.7. The molecule has 6 nitrogen and oxygen atoms in total. The molecule has 2 aromatic carbocycles. The van der Waals surface area contributed by atoms with Gasteiger partial charge in [-0.3, -0.25) is 10.1 Å². The Bertz CT molecular complexity index is 973. The first-order valence-electron chi connectivity index (χ1n) is 8.06. The van der Waals surface area contributed by atoms with Crippen molar-refractivity contribution >= 4 is 11.7 Å². The van der Waals surface area contributed by atoms with E-state index < -0.39 is 10.9 Å². The lowest BCUT2D eigenvalue weighted by atomic mass is 10.0. The van der Waals surface area contributed by atoms with E-state index in [4.69, 9.17) is 4.74 Å². The SMILES string of the molecule is COC(=O)c1c(-c2ccc([N+](=O)[O-])cc2)c(C)n(-c2ccccc2)c1C. The molecule has 0 amide bonds. The molecule has 3 aromatic rings. The number of carbonyl (C=O) groups excluding carboxylic acids is 1. The lowest BCUT2D eigenvalue weighted by Gasteiger charge is -2.09. The van der Waals surface area contributed by atoms with Crippen LogP contribution in [0.3, 0.4) is 0 Å². The maximum absolute atomic E-state index is 12.5. The molecule has 0 saturated heterocycles. The van der Waals surface area contributed by atoms with Gasteiger partial charge in [-0.05, 0) is 43.7 Å². The molecular formula is C20H18N2O4. The molecule has 26 heavy (non-hydrogen) atoms. The van der Waals surface area contributed by atoms with Crippen LogP contribution in [-0.2, 0) is 4.74 Å². The summed E-state index contributed by atoms with van der Waals surface area (Å²) >= 11 is 0. The monoisotopic (exact) mass is 350 g/mol. The van der Waals surface area contributed by atoms with Gasteiger partial charge in [0, 0.05) is 34.8 Å². The summed E-state index contributed by atoms with van der Waals surface area (Å²) in [5.41, 5.74) is 4.46. The minimum atomic E-state index is -0.446. The predicted octanol–water partition coefficient (Wildman–Crippen LogP) is 4.46. The number of benzene rings is 2. The second kappa shape index (κ2) is 6.84. The molecule has 0 bridgehead atoms. The van der Waals surface area contributed by atoms with Crippen LogP contribution < -0.4 is 0 Å². The first-order valence-corrected chi connectivity index (χ1v) is 8.06. The molecule has 0 fully saturated rings. The fourth-order valence-electron chi connectivity index (χ4n) is 3.26. The van der Waals surface area contributed by atoms with Crippen molar-refractivity contribution in [2.75, 3.05) is 7.11 Å². The van der Waals surface area contributed by atoms with Crippen LogP contribution in [0.5, 0.6) is 0 Å². The van der Waals surface area contributed by atoms with Crippen LogP contribution in [0.4, 0.5) is 5.69 Å². The molecule has 0 radical (unpaired) electrons. The van der Waals surface area contributed by atoms with Gasteiger partial charge in [0.2, 0.25) is 0 Å². The molecule has 132 valence electrons. The summed E-state index contributed by atoms with van der Waals surface area (Å²) in [7, 11) is 1.34. The summed E-state index contributed by atoms with van der Waals surface area (Å²) in [6, 6.07) is 15.9. The van der Waals surface area contributed by atoms with Gasteiger partial charge in [-0.1, -0.05) is 18.2 Å². The second-order valence-electron chi connectivity index (χ2n) is 5.89. The van der Waals surface area contributed by atoms with Gasteiger partial charge in [0.1, 0.15) is 0 Å². The molecule has 0 aliphatic rings. The Morgan fingerprint density at radius 3 is 2.15 bits per heavy atom. The summed E-state index contributed by atoms with van der Waals surface area (Å²) < 4.78 is 6.97. The number of carbonyl (C=O) groups is 1. The van der Waals surface area contributed by atoms with Gasteiger partial charge in [-0.2, -0.15) is 0 Å². The largest absolute Gasteiger partial charge is 0.465 e. The number of hydrogen-bond acceptors (Lipinski definition) is 4. The number of hydrogen-bond donors (Lipinski definition) is 0. The molecule has 6 heteroatoms. The van der Waals surface area contributed by atoms with Crippen LogP contribution >= 0.6 is 0 Å². The molecular weight excluding hydrogens is 332 g/mol. The summed E-state index contributed by atoms with van der Waals surface area (Å²) in [6.07, 6.45) is 0. The minimum absolute atomic E-state index is 0.00485. The van der Waals surface area contributed by atoms with E-state index in [1.54, 1.807) is 12.1 Å². The zero-order valence-electron chi connectivity index (χ0n) is 14.7. The van der Waals surface area contributed by atoms with E-state index in [0.717, 1.165) is 22.6 Å². The van der Waals surface area contributed by atoms with Gasteiger partial charge < -0.3 is 9.30 Å². The Morgan fingerprint density at radius 2 is 1.62 bits per heavy atom. The first-order chi connectivity index (χ1) is 12.5. The van der Waals surface area contributed by atoms with Crippen LogP contribution in [0.25, 0.3) is 16.8 Å². The number of non-ortho nitro benzene ring substituents is 1. The smallest absolute Gasteiger partial charge is 0.340 e. The van der Waals surface area contributed by atoms with Crippen molar-refractivity contribution in [3.05, 3.63) is 81.7 Å². The van der Waals surface area contributed by atoms with E-state index in [-0.39, 0.29) is 5.69 Å². The Labute approximate surface area is 150 Å². The van der Waals surface area contributed by atoms with Crippen LogP contribution in [0.1, 0.15) is 21.7 Å². The molecule has 0 spiro atoms. The Balaban J connectivity index is 2.27. The fourth-order valence-corrected chi connectivity index (χ4v) is 3.26. The van der Waals surface area contributed by atoms with E-state index in [2.05, 4.69) is 0 Å². The third kappa shape index (κ3) is 2.86. The number of rotatable bonds is 4. The molecule has 0 aliphatic heterocycles. The van der Waals surface area contributed by atoms with E-state index in [1.807, 2.05) is 48.7 Å². The first kappa shape index (κ1) is 17.4. The van der Waals surface area contributed by atoms with Crippen molar-refractivity contribution in [3.8, 4) is 16.8 Å². The zero-order chi connectivity index (χ0) is 18.8. The Kier molecular flexibility index (Phi) is 4.58. The van der Waals surface area contributed by atoms with Crippen molar-refractivity contribution in [2.24, 2.45) is 0 Å². The van der Waals surface area contributed by atoms with Gasteiger partial charge in [0.25, 0.3) is 5.69 Å². The fraction of sp³-hybridized carbons (Fsp3) is 0.150. The summed E-state index contributed by atoms with van der Waals surface area (Å²) in [4.78, 5) is 22.9. The quantitative estimate of drug-likeness (QED) is 0.396. The molecule has 0 saturated carbocycles. The standard InChI is InChI=1S/C20H18N2O4/c1-13-18(15-9-11-17(12-10-15)22(24)25)19(20(23)26-3)14(2)21(13)16-7-5-4-6-8-16/h4-12H,1-3H3. The van der Waals surface area contributed by atoms with E-state index >= 15 is 0 Å². The maximum Gasteiger partial charge on any atom is 0.340 e. The van der Waals surface area contributed by atoms with Crippen molar-refractivity contribution in [1.82, 2.24) is 4.57 Å². The molecule has 1 aromatic heterocycles. The highest BCUT2D eigenvalue weighted by atomic mass is 16.6. The molecule has 0 N–H and O–H groups in total. The minimum Gasteiger partial charge on any atom is -0.465 e. The normalized spacial score (nSPS) is 10.6. The van der Waals surface area contributed by atoms with Crippen molar-refractivity contribution in [1.29, 1.82) is 0 Å². The summed E-state index contributed by atoms with van der Waals surface area (Å²) in [5, 5.41) is 10.9. The van der Waals surface area contributed by atoms with E-state index in [1.165, 1.54) is 19.2 Å². The highest BCUT2D eigenvalue weighted by molar-refractivity contribution is 6.00. The van der Waals surface area contributed by atoms with Crippen LogP contribution in [0.2, 0.25) is 0 Å². The van der Waals surface area contributed by atoms with Gasteiger partial charge in [0.15, 0.2) is 0 Å². The summed E-state index contributed by atoms with van der Waals surface area (Å²) in [5.74, 6) is -0.436. The second-order valence-corrected chi connectivity index (χ2v) is 5.89. The highest BCUT2D eigenvalue weighted by Gasteiger charge is 2.25. The molecule has 0 aliphatic carbocycles. The lowest BCUT2D eigenvalue weighted by Crippen LogP contribution is -2.05. The Hall–Kier alpha value is -3.41. The van der Waals surface area contributed by atoms with Gasteiger partial charge >= 0.3 is 5.97 Å². The lowest BCUT2D eigenvalue weighted by molar-refractivity contribution is -0.384. The average molecular weight is 350 g/mol. The maximum atomic E-state index is 12.5. The number of para-hydroxylation sites is 1. The number of nitrogens with zero attached hydrogens (tertiary/aromatic N) is 2. The van der Waals surface area contributed by atoms with Crippen molar-refractivity contribution in [3.63, 3.8) is 0 Å². The molecule has 0 unspecified atom stereocenters. The number of nitro benzene ring substituents is 1. The molecule has 0 atom stereocenters. The molecule has 1 heterocycles. The predicted molar refractivity (Wildman–Crippen MR) is 98.7 cm³/mol. The van der Waals surface area contributed by atoms with Gasteiger partial charge in [0.05, 0.1) is 17.6 Å². The third-order valence-corrected chi connectivity index (χ3v) is 4.42. The van der Waals surface area contributed by atoms with Crippen molar-refractivity contribution in [2.45, 2.75) is 13.8 Å². The third-order valence-electron chi connectivity index (χ3n) is 4.42. The van der Waals surface area contributed by atoms with Crippen LogP contribution in [0, 0.1) is 24.0 Å². The number of esters is 1. The van der Waals surface area contributed by atoms with Crippen molar-refractivity contribution < 1.29 is 14.5 Å². The van der Waals surface area contributed by atoms with Gasteiger partial charge in [-0.25, -0.2) is 4.79 Å². The summed E-state index contributed by atoms with van der Waals surface area (Å²) in [6.45, 7) is 3.78. The number of aromatic nitrogens is 1. The Morgan fingerprint density at radius 1 is 1.00 bits per heavy atom. The average Bonchev–Trinajstić information content (AvgIpc) is 2.92. The number of methoxy groups -OCH3 is 1. The topological polar surface area (TPSA) is 74.4 Å².